The molecule has 7 heteroatoms. The molecule has 1 amide bonds. The summed E-state index contributed by atoms with van der Waals surface area (Å²) >= 11 is 6.59. The molecule has 0 aliphatic heterocycles. The molecule has 0 heterocycles. The van der Waals surface area contributed by atoms with Crippen LogP contribution < -0.4 is 10.7 Å². The molecule has 5 nitrogen and oxygen atoms in total. The van der Waals surface area contributed by atoms with Crippen LogP contribution in [0, 0.1) is 0 Å². The van der Waals surface area contributed by atoms with Crippen molar-refractivity contribution in [3.05, 3.63) is 69.1 Å². The van der Waals surface area contributed by atoms with Crippen LogP contribution in [0.25, 0.3) is 10.8 Å². The molecule has 0 saturated heterocycles. The van der Waals surface area contributed by atoms with E-state index in [1.807, 2.05) is 42.5 Å². The van der Waals surface area contributed by atoms with Crippen molar-refractivity contribution in [3.8, 4) is 5.75 Å². The number of hydrazone groups is 1. The molecule has 0 atom stereocenters. The van der Waals surface area contributed by atoms with Crippen molar-refractivity contribution in [1.82, 2.24) is 5.43 Å². The van der Waals surface area contributed by atoms with Crippen LogP contribution in [0.4, 0.5) is 5.69 Å². The summed E-state index contributed by atoms with van der Waals surface area (Å²) in [6, 6.07) is 17.3. The minimum Gasteiger partial charge on any atom is -0.506 e. The van der Waals surface area contributed by atoms with Gasteiger partial charge in [0.2, 0.25) is 0 Å². The van der Waals surface area contributed by atoms with E-state index in [0.29, 0.717) is 10.0 Å². The molecule has 0 bridgehead atoms. The van der Waals surface area contributed by atoms with Gasteiger partial charge in [-0.05, 0) is 39.5 Å². The highest BCUT2D eigenvalue weighted by Gasteiger charge is 2.06. The van der Waals surface area contributed by atoms with E-state index in [1.54, 1.807) is 12.1 Å². The van der Waals surface area contributed by atoms with Crippen LogP contribution in [0.5, 0.6) is 5.75 Å². The second kappa shape index (κ2) is 8.33. The molecule has 0 aliphatic carbocycles. The van der Waals surface area contributed by atoms with Gasteiger partial charge in [0.1, 0.15) is 5.75 Å². The maximum Gasteiger partial charge on any atom is 0.259 e. The average molecular weight is 477 g/mol. The molecular formula is C19H15Br2N3O2. The lowest BCUT2D eigenvalue weighted by molar-refractivity contribution is -0.119. The molecule has 0 aliphatic rings. The minimum absolute atomic E-state index is 0.0556. The fourth-order valence-corrected chi connectivity index (χ4v) is 3.71. The van der Waals surface area contributed by atoms with Gasteiger partial charge in [-0.15, -0.1) is 0 Å². The highest BCUT2D eigenvalue weighted by molar-refractivity contribution is 9.11. The van der Waals surface area contributed by atoms with E-state index in [1.165, 1.54) is 6.21 Å². The summed E-state index contributed by atoms with van der Waals surface area (Å²) in [4.78, 5) is 12.0. The Kier molecular flexibility index (Phi) is 5.90. The Morgan fingerprint density at radius 2 is 1.88 bits per heavy atom. The molecule has 132 valence electrons. The Hall–Kier alpha value is -2.38. The van der Waals surface area contributed by atoms with Gasteiger partial charge in [-0.1, -0.05) is 52.3 Å². The van der Waals surface area contributed by atoms with Crippen molar-refractivity contribution in [2.75, 3.05) is 11.9 Å². The van der Waals surface area contributed by atoms with Crippen LogP contribution in [0.3, 0.4) is 0 Å². The number of phenolic OH excluding ortho intramolecular Hbond substituents is 1. The summed E-state index contributed by atoms with van der Waals surface area (Å²) < 4.78 is 1.32. The molecule has 0 radical (unpaired) electrons. The van der Waals surface area contributed by atoms with Crippen molar-refractivity contribution in [2.45, 2.75) is 0 Å². The Bertz CT molecular complexity index is 984. The zero-order valence-electron chi connectivity index (χ0n) is 13.5. The molecule has 0 spiro atoms. The highest BCUT2D eigenvalue weighted by Crippen LogP contribution is 2.30. The number of halogens is 2. The first-order valence-corrected chi connectivity index (χ1v) is 9.35. The zero-order valence-corrected chi connectivity index (χ0v) is 16.7. The monoisotopic (exact) mass is 475 g/mol. The first-order chi connectivity index (χ1) is 12.5. The number of phenols is 1. The fourth-order valence-electron chi connectivity index (χ4n) is 2.45. The molecule has 0 unspecified atom stereocenters. The lowest BCUT2D eigenvalue weighted by Crippen LogP contribution is -2.25. The summed E-state index contributed by atoms with van der Waals surface area (Å²) in [5.74, 6) is -0.234. The number of aromatic hydroxyl groups is 1. The van der Waals surface area contributed by atoms with Crippen molar-refractivity contribution in [3.63, 3.8) is 0 Å². The van der Waals surface area contributed by atoms with Gasteiger partial charge < -0.3 is 10.4 Å². The lowest BCUT2D eigenvalue weighted by Gasteiger charge is -2.09. The Morgan fingerprint density at radius 1 is 1.12 bits per heavy atom. The number of carbonyl (C=O) groups is 1. The van der Waals surface area contributed by atoms with E-state index < -0.39 is 0 Å². The average Bonchev–Trinajstić information content (AvgIpc) is 2.63. The van der Waals surface area contributed by atoms with Gasteiger partial charge in [0.25, 0.3) is 5.91 Å². The summed E-state index contributed by atoms with van der Waals surface area (Å²) in [7, 11) is 0. The second-order valence-electron chi connectivity index (χ2n) is 5.50. The predicted molar refractivity (Wildman–Crippen MR) is 112 cm³/mol. The van der Waals surface area contributed by atoms with Gasteiger partial charge >= 0.3 is 0 Å². The number of benzene rings is 3. The Balaban J connectivity index is 1.61. The summed E-state index contributed by atoms with van der Waals surface area (Å²) in [6.45, 7) is 0.0828. The maximum atomic E-state index is 12.0. The van der Waals surface area contributed by atoms with Crippen molar-refractivity contribution in [1.29, 1.82) is 0 Å². The topological polar surface area (TPSA) is 73.7 Å². The third-order valence-corrected chi connectivity index (χ3v) is 4.74. The van der Waals surface area contributed by atoms with Crippen LogP contribution in [-0.2, 0) is 4.79 Å². The van der Waals surface area contributed by atoms with E-state index in [4.69, 9.17) is 0 Å². The number of hydrogen-bond acceptors (Lipinski definition) is 4. The van der Waals surface area contributed by atoms with Crippen LogP contribution in [-0.4, -0.2) is 23.8 Å². The Labute approximate surface area is 167 Å². The number of amides is 1. The quantitative estimate of drug-likeness (QED) is 0.371. The largest absolute Gasteiger partial charge is 0.506 e. The van der Waals surface area contributed by atoms with Gasteiger partial charge in [0.15, 0.2) is 0 Å². The number of hydrogen-bond donors (Lipinski definition) is 3. The molecular weight excluding hydrogens is 462 g/mol. The van der Waals surface area contributed by atoms with Gasteiger partial charge in [-0.2, -0.15) is 5.10 Å². The first kappa shape index (κ1) is 18.4. The van der Waals surface area contributed by atoms with Crippen molar-refractivity contribution < 1.29 is 9.90 Å². The summed E-state index contributed by atoms with van der Waals surface area (Å²) in [6.07, 6.45) is 1.39. The Morgan fingerprint density at radius 3 is 2.73 bits per heavy atom. The summed E-state index contributed by atoms with van der Waals surface area (Å²) in [5.41, 5.74) is 3.81. The number of fused-ring (bicyclic) bond motifs is 1. The zero-order chi connectivity index (χ0) is 18.5. The van der Waals surface area contributed by atoms with Crippen LogP contribution in [0.15, 0.2) is 68.6 Å². The van der Waals surface area contributed by atoms with Crippen LogP contribution >= 0.6 is 31.9 Å². The van der Waals surface area contributed by atoms with Crippen LogP contribution in [0.1, 0.15) is 5.56 Å². The van der Waals surface area contributed by atoms with Crippen LogP contribution in [0.2, 0.25) is 0 Å². The standard InChI is InChI=1S/C19H15Br2N3O2/c20-14-8-13(19(26)16(21)9-14)10-23-24-18(25)11-22-17-7-3-5-12-4-1-2-6-15(12)17/h1-10,22,26H,11H2,(H,24,25)/b23-10-. The number of anilines is 1. The highest BCUT2D eigenvalue weighted by atomic mass is 79.9. The third kappa shape index (κ3) is 4.42. The molecule has 3 N–H and O–H groups in total. The maximum absolute atomic E-state index is 12.0. The molecule has 0 fully saturated rings. The SMILES string of the molecule is O=C(CNc1cccc2ccccc12)N/N=C\c1cc(Br)cc(Br)c1O. The second-order valence-corrected chi connectivity index (χ2v) is 7.27. The van der Waals surface area contributed by atoms with Gasteiger partial charge in [0.05, 0.1) is 17.2 Å². The van der Waals surface area contributed by atoms with E-state index >= 15 is 0 Å². The smallest absolute Gasteiger partial charge is 0.259 e. The van der Waals surface area contributed by atoms with E-state index in [9.17, 15) is 9.90 Å². The van der Waals surface area contributed by atoms with Crippen molar-refractivity contribution in [2.24, 2.45) is 5.10 Å². The minimum atomic E-state index is -0.289. The fraction of sp³-hybridized carbons (Fsp3) is 0.0526. The lowest BCUT2D eigenvalue weighted by atomic mass is 10.1. The number of rotatable bonds is 5. The summed E-state index contributed by atoms with van der Waals surface area (Å²) in [5, 5.41) is 19.1. The first-order valence-electron chi connectivity index (χ1n) is 7.76. The van der Waals surface area contributed by atoms with Gasteiger partial charge in [-0.25, -0.2) is 5.43 Å². The normalized spacial score (nSPS) is 11.0. The van der Waals surface area contributed by atoms with Gasteiger partial charge in [-0.3, -0.25) is 4.79 Å². The van der Waals surface area contributed by atoms with Crippen molar-refractivity contribution >= 4 is 60.4 Å². The molecule has 26 heavy (non-hydrogen) atoms. The van der Waals surface area contributed by atoms with E-state index in [0.717, 1.165) is 20.9 Å². The predicted octanol–water partition coefficient (Wildman–Crippen LogP) is 4.63. The van der Waals surface area contributed by atoms with E-state index in [-0.39, 0.29) is 18.2 Å². The number of nitrogens with one attached hydrogen (secondary N) is 2. The molecule has 0 saturated carbocycles. The number of nitrogens with zero attached hydrogens (tertiary/aromatic N) is 1. The van der Waals surface area contributed by atoms with E-state index in [2.05, 4.69) is 47.7 Å². The van der Waals surface area contributed by atoms with Gasteiger partial charge in [0, 0.05) is 21.1 Å². The third-order valence-electron chi connectivity index (χ3n) is 3.68. The molecule has 3 aromatic rings. The molecule has 3 rings (SSSR count). The number of carbonyl (C=O) groups excluding carboxylic acids is 1. The molecule has 0 aromatic heterocycles. The molecule has 3 aromatic carbocycles.